The number of carbonyl (C=O) groups excluding carboxylic acids is 1. The van der Waals surface area contributed by atoms with Gasteiger partial charge in [-0.15, -0.1) is 0 Å². The number of nitrogens with zero attached hydrogens (tertiary/aromatic N) is 4. The molecule has 2 aliphatic rings. The lowest BCUT2D eigenvalue weighted by atomic mass is 9.95. The molecule has 1 atom stereocenters. The Labute approximate surface area is 158 Å². The monoisotopic (exact) mass is 374 g/mol. The SMILES string of the molecule is Cn1cnc(CN2CCCC3(CC2)CN(c2ccc(Cl)cc2)C(=O)O3)c1. The number of aryl methyl sites for hydroxylation is 1. The molecule has 3 heterocycles. The second kappa shape index (κ2) is 6.93. The third kappa shape index (κ3) is 3.57. The Morgan fingerprint density at radius 1 is 1.23 bits per heavy atom. The first-order chi connectivity index (χ1) is 12.5. The van der Waals surface area contributed by atoms with Crippen molar-refractivity contribution in [1.82, 2.24) is 14.5 Å². The number of amides is 1. The minimum atomic E-state index is -0.393. The number of anilines is 1. The number of aromatic nitrogens is 2. The van der Waals surface area contributed by atoms with Gasteiger partial charge in [0.25, 0.3) is 0 Å². The lowest BCUT2D eigenvalue weighted by Crippen LogP contribution is -2.36. The van der Waals surface area contributed by atoms with Gasteiger partial charge in [0.1, 0.15) is 5.60 Å². The van der Waals surface area contributed by atoms with Gasteiger partial charge in [-0.05, 0) is 43.7 Å². The summed E-state index contributed by atoms with van der Waals surface area (Å²) in [5.74, 6) is 0. The molecule has 4 rings (SSSR count). The molecule has 26 heavy (non-hydrogen) atoms. The first-order valence-electron chi connectivity index (χ1n) is 8.98. The Bertz CT molecular complexity index is 791. The molecular weight excluding hydrogens is 352 g/mol. The molecule has 0 saturated carbocycles. The van der Waals surface area contributed by atoms with Crippen molar-refractivity contribution in [3.05, 3.63) is 47.5 Å². The van der Waals surface area contributed by atoms with E-state index in [-0.39, 0.29) is 6.09 Å². The van der Waals surface area contributed by atoms with Crippen LogP contribution < -0.4 is 4.90 Å². The van der Waals surface area contributed by atoms with Gasteiger partial charge < -0.3 is 9.30 Å². The quantitative estimate of drug-likeness (QED) is 0.825. The molecule has 1 aromatic carbocycles. The molecule has 2 fully saturated rings. The maximum atomic E-state index is 12.5. The summed E-state index contributed by atoms with van der Waals surface area (Å²) in [5, 5.41) is 0.663. The van der Waals surface area contributed by atoms with Gasteiger partial charge in [0.15, 0.2) is 0 Å². The van der Waals surface area contributed by atoms with Crippen molar-refractivity contribution in [2.24, 2.45) is 7.05 Å². The van der Waals surface area contributed by atoms with Gasteiger partial charge >= 0.3 is 6.09 Å². The number of carbonyl (C=O) groups is 1. The molecule has 138 valence electrons. The molecule has 1 amide bonds. The van der Waals surface area contributed by atoms with Crippen LogP contribution in [-0.4, -0.2) is 45.8 Å². The van der Waals surface area contributed by atoms with Crippen LogP contribution in [0.25, 0.3) is 0 Å². The summed E-state index contributed by atoms with van der Waals surface area (Å²) in [6.07, 6.45) is 6.37. The van der Waals surface area contributed by atoms with E-state index in [1.807, 2.05) is 30.1 Å². The first-order valence-corrected chi connectivity index (χ1v) is 9.36. The zero-order chi connectivity index (χ0) is 18.1. The second-order valence-electron chi connectivity index (χ2n) is 7.27. The second-order valence-corrected chi connectivity index (χ2v) is 7.71. The summed E-state index contributed by atoms with van der Waals surface area (Å²) in [6.45, 7) is 3.34. The molecule has 0 N–H and O–H groups in total. The van der Waals surface area contributed by atoms with Crippen molar-refractivity contribution >= 4 is 23.4 Å². The maximum absolute atomic E-state index is 12.5. The van der Waals surface area contributed by atoms with Crippen molar-refractivity contribution in [3.63, 3.8) is 0 Å². The van der Waals surface area contributed by atoms with Crippen molar-refractivity contribution in [3.8, 4) is 0 Å². The van der Waals surface area contributed by atoms with Gasteiger partial charge in [0.05, 0.1) is 18.6 Å². The van der Waals surface area contributed by atoms with Crippen LogP contribution >= 0.6 is 11.6 Å². The van der Waals surface area contributed by atoms with E-state index in [1.165, 1.54) is 0 Å². The third-order valence-electron chi connectivity index (χ3n) is 5.24. The van der Waals surface area contributed by atoms with Crippen LogP contribution in [0.1, 0.15) is 25.0 Å². The molecule has 2 aromatic rings. The Morgan fingerprint density at radius 2 is 2.04 bits per heavy atom. The average molecular weight is 375 g/mol. The molecule has 2 aliphatic heterocycles. The van der Waals surface area contributed by atoms with Gasteiger partial charge in [-0.1, -0.05) is 11.6 Å². The van der Waals surface area contributed by atoms with Crippen molar-refractivity contribution in [2.75, 3.05) is 24.5 Å². The number of rotatable bonds is 3. The first kappa shape index (κ1) is 17.4. The minimum Gasteiger partial charge on any atom is -0.441 e. The number of hydrogen-bond acceptors (Lipinski definition) is 4. The van der Waals surface area contributed by atoms with E-state index < -0.39 is 5.60 Å². The number of benzene rings is 1. The van der Waals surface area contributed by atoms with Crippen LogP contribution in [0.2, 0.25) is 5.02 Å². The van der Waals surface area contributed by atoms with E-state index in [1.54, 1.807) is 17.0 Å². The summed E-state index contributed by atoms with van der Waals surface area (Å²) >= 11 is 5.96. The number of halogens is 1. The molecule has 1 aromatic heterocycles. The lowest BCUT2D eigenvalue weighted by Gasteiger charge is -2.25. The van der Waals surface area contributed by atoms with Crippen LogP contribution in [0.15, 0.2) is 36.8 Å². The van der Waals surface area contributed by atoms with Gasteiger partial charge in [0, 0.05) is 43.5 Å². The normalized spacial score (nSPS) is 24.1. The summed E-state index contributed by atoms with van der Waals surface area (Å²) in [4.78, 5) is 21.0. The van der Waals surface area contributed by atoms with E-state index in [9.17, 15) is 4.79 Å². The Kier molecular flexibility index (Phi) is 4.63. The zero-order valence-corrected chi connectivity index (χ0v) is 15.7. The van der Waals surface area contributed by atoms with Gasteiger partial charge in [0.2, 0.25) is 0 Å². The van der Waals surface area contributed by atoms with Crippen molar-refractivity contribution in [1.29, 1.82) is 0 Å². The van der Waals surface area contributed by atoms with Crippen LogP contribution in [0.3, 0.4) is 0 Å². The predicted molar refractivity (Wildman–Crippen MR) is 100 cm³/mol. The molecule has 1 spiro atoms. The molecular formula is C19H23ClN4O2. The molecule has 0 aliphatic carbocycles. The molecule has 7 heteroatoms. The van der Waals surface area contributed by atoms with Crippen LogP contribution in [-0.2, 0) is 18.3 Å². The van der Waals surface area contributed by atoms with Gasteiger partial charge in [-0.2, -0.15) is 0 Å². The highest BCUT2D eigenvalue weighted by Gasteiger charge is 2.46. The fraction of sp³-hybridized carbons (Fsp3) is 0.474. The van der Waals surface area contributed by atoms with Crippen molar-refractivity contribution < 1.29 is 9.53 Å². The van der Waals surface area contributed by atoms with Crippen LogP contribution in [0, 0.1) is 0 Å². The molecule has 6 nitrogen and oxygen atoms in total. The highest BCUT2D eigenvalue weighted by molar-refractivity contribution is 6.30. The number of likely N-dealkylation sites (tertiary alicyclic amines) is 1. The number of imidazole rings is 1. The summed E-state index contributed by atoms with van der Waals surface area (Å²) in [7, 11) is 1.98. The topological polar surface area (TPSA) is 50.6 Å². The Balaban J connectivity index is 1.43. The predicted octanol–water partition coefficient (Wildman–Crippen LogP) is 3.46. The number of ether oxygens (including phenoxy) is 1. The molecule has 1 unspecified atom stereocenters. The third-order valence-corrected chi connectivity index (χ3v) is 5.50. The van der Waals surface area contributed by atoms with Gasteiger partial charge in [-0.3, -0.25) is 9.80 Å². The number of hydrogen-bond donors (Lipinski definition) is 0. The lowest BCUT2D eigenvalue weighted by molar-refractivity contribution is 0.0443. The van der Waals surface area contributed by atoms with E-state index in [4.69, 9.17) is 16.3 Å². The molecule has 0 bridgehead atoms. The standard InChI is InChI=1S/C19H23ClN4O2/c1-22-11-16(21-14-22)12-23-9-2-7-19(8-10-23)13-24(18(25)26-19)17-5-3-15(20)4-6-17/h3-6,11,14H,2,7-10,12-13H2,1H3. The van der Waals surface area contributed by atoms with E-state index >= 15 is 0 Å². The molecule has 2 saturated heterocycles. The highest BCUT2D eigenvalue weighted by Crippen LogP contribution is 2.36. The van der Waals surface area contributed by atoms with E-state index in [2.05, 4.69) is 16.1 Å². The van der Waals surface area contributed by atoms with E-state index in [0.29, 0.717) is 11.6 Å². The average Bonchev–Trinajstić information content (AvgIpc) is 3.10. The summed E-state index contributed by atoms with van der Waals surface area (Å²) in [6, 6.07) is 7.34. The Hall–Kier alpha value is -2.05. The highest BCUT2D eigenvalue weighted by atomic mass is 35.5. The maximum Gasteiger partial charge on any atom is 0.415 e. The van der Waals surface area contributed by atoms with Crippen LogP contribution in [0.4, 0.5) is 10.5 Å². The Morgan fingerprint density at radius 3 is 2.77 bits per heavy atom. The zero-order valence-electron chi connectivity index (χ0n) is 14.9. The minimum absolute atomic E-state index is 0.259. The van der Waals surface area contributed by atoms with Crippen LogP contribution in [0.5, 0.6) is 0 Å². The fourth-order valence-electron chi connectivity index (χ4n) is 3.86. The van der Waals surface area contributed by atoms with Gasteiger partial charge in [-0.25, -0.2) is 9.78 Å². The van der Waals surface area contributed by atoms with E-state index in [0.717, 1.165) is 50.3 Å². The molecule has 0 radical (unpaired) electrons. The summed E-state index contributed by atoms with van der Waals surface area (Å²) in [5.41, 5.74) is 1.52. The largest absolute Gasteiger partial charge is 0.441 e. The fourth-order valence-corrected chi connectivity index (χ4v) is 3.99. The van der Waals surface area contributed by atoms with Crippen molar-refractivity contribution in [2.45, 2.75) is 31.4 Å². The summed E-state index contributed by atoms with van der Waals surface area (Å²) < 4.78 is 7.85. The smallest absolute Gasteiger partial charge is 0.415 e.